The highest BCUT2D eigenvalue weighted by molar-refractivity contribution is 5.99. The van der Waals surface area contributed by atoms with Gasteiger partial charge in [0.2, 0.25) is 5.95 Å². The van der Waals surface area contributed by atoms with Gasteiger partial charge in [0.1, 0.15) is 11.5 Å². The lowest BCUT2D eigenvalue weighted by Crippen LogP contribution is -2.08. The Morgan fingerprint density at radius 3 is 2.71 bits per heavy atom. The molecule has 6 heteroatoms. The Bertz CT molecular complexity index is 871. The molecule has 21 heavy (non-hydrogen) atoms. The zero-order valence-corrected chi connectivity index (χ0v) is 11.0. The van der Waals surface area contributed by atoms with E-state index in [0.29, 0.717) is 22.2 Å². The lowest BCUT2D eigenvalue weighted by atomic mass is 10.2. The van der Waals surface area contributed by atoms with E-state index in [9.17, 15) is 18.7 Å². The van der Waals surface area contributed by atoms with Crippen LogP contribution in [0.3, 0.4) is 0 Å². The van der Waals surface area contributed by atoms with E-state index in [0.717, 1.165) is 0 Å². The van der Waals surface area contributed by atoms with E-state index in [1.54, 1.807) is 13.0 Å². The summed E-state index contributed by atoms with van der Waals surface area (Å²) in [5, 5.41) is 9.85. The molecule has 0 aliphatic carbocycles. The Kier molecular flexibility index (Phi) is 2.94. The summed E-state index contributed by atoms with van der Waals surface area (Å²) in [4.78, 5) is 15.1. The summed E-state index contributed by atoms with van der Waals surface area (Å²) in [6.07, 6.45) is 1.25. The van der Waals surface area contributed by atoms with Crippen molar-refractivity contribution in [1.82, 2.24) is 9.55 Å². The molecule has 106 valence electrons. The average Bonchev–Trinajstić information content (AvgIpc) is 2.72. The topological polar surface area (TPSA) is 55.1 Å². The second-order valence-electron chi connectivity index (χ2n) is 4.62. The first-order chi connectivity index (χ1) is 9.99. The standard InChI is InChI=1S/C15H10F2N2O2/c1-8-11-6-13(17)18-7-12(11)19(14(8)15(20)21)10-4-2-3-9(16)5-10/h2-7H,1H3,(H,20,21). The molecular weight excluding hydrogens is 278 g/mol. The molecular formula is C15H10F2N2O2. The second-order valence-corrected chi connectivity index (χ2v) is 4.62. The summed E-state index contributed by atoms with van der Waals surface area (Å²) in [6.45, 7) is 1.58. The summed E-state index contributed by atoms with van der Waals surface area (Å²) >= 11 is 0. The van der Waals surface area contributed by atoms with Gasteiger partial charge in [0.05, 0.1) is 11.7 Å². The largest absolute Gasteiger partial charge is 0.477 e. The van der Waals surface area contributed by atoms with E-state index in [1.807, 2.05) is 0 Å². The molecule has 0 radical (unpaired) electrons. The minimum absolute atomic E-state index is 0.0389. The SMILES string of the molecule is Cc1c(C(=O)O)n(-c2cccc(F)c2)c2cnc(F)cc12. The van der Waals surface area contributed by atoms with Gasteiger partial charge in [0.25, 0.3) is 0 Å². The van der Waals surface area contributed by atoms with Gasteiger partial charge in [0.15, 0.2) is 0 Å². The van der Waals surface area contributed by atoms with Gasteiger partial charge in [0, 0.05) is 17.1 Å². The molecule has 0 unspecified atom stereocenters. The predicted octanol–water partition coefficient (Wildman–Crippen LogP) is 3.31. The summed E-state index contributed by atoms with van der Waals surface area (Å²) in [7, 11) is 0. The van der Waals surface area contributed by atoms with Crippen molar-refractivity contribution in [3.05, 3.63) is 59.6 Å². The molecule has 0 aliphatic heterocycles. The highest BCUT2D eigenvalue weighted by Crippen LogP contribution is 2.29. The van der Waals surface area contributed by atoms with E-state index < -0.39 is 17.7 Å². The molecule has 0 amide bonds. The van der Waals surface area contributed by atoms with Crippen molar-refractivity contribution < 1.29 is 18.7 Å². The number of nitrogens with zero attached hydrogens (tertiary/aromatic N) is 2. The van der Waals surface area contributed by atoms with Crippen LogP contribution in [-0.2, 0) is 0 Å². The van der Waals surface area contributed by atoms with Gasteiger partial charge >= 0.3 is 5.97 Å². The average molecular weight is 288 g/mol. The van der Waals surface area contributed by atoms with Crippen LogP contribution in [0.5, 0.6) is 0 Å². The van der Waals surface area contributed by atoms with Crippen molar-refractivity contribution in [2.45, 2.75) is 6.92 Å². The van der Waals surface area contributed by atoms with Crippen LogP contribution in [-0.4, -0.2) is 20.6 Å². The Balaban J connectivity index is 2.45. The molecule has 1 N–H and O–H groups in total. The van der Waals surface area contributed by atoms with Gasteiger partial charge in [-0.1, -0.05) is 6.07 Å². The second kappa shape index (κ2) is 4.66. The van der Waals surface area contributed by atoms with E-state index in [-0.39, 0.29) is 5.69 Å². The Morgan fingerprint density at radius 1 is 1.29 bits per heavy atom. The molecule has 3 aromatic rings. The number of fused-ring (bicyclic) bond motifs is 1. The first-order valence-corrected chi connectivity index (χ1v) is 6.15. The smallest absolute Gasteiger partial charge is 0.353 e. The monoisotopic (exact) mass is 288 g/mol. The van der Waals surface area contributed by atoms with Crippen LogP contribution in [0, 0.1) is 18.7 Å². The zero-order chi connectivity index (χ0) is 15.1. The predicted molar refractivity (Wildman–Crippen MR) is 72.7 cm³/mol. The summed E-state index contributed by atoms with van der Waals surface area (Å²) in [5.41, 5.74) is 1.13. The lowest BCUT2D eigenvalue weighted by molar-refractivity contribution is 0.0688. The van der Waals surface area contributed by atoms with E-state index >= 15 is 0 Å². The minimum Gasteiger partial charge on any atom is -0.477 e. The van der Waals surface area contributed by atoms with Crippen LogP contribution in [0.1, 0.15) is 16.1 Å². The lowest BCUT2D eigenvalue weighted by Gasteiger charge is -2.08. The quantitative estimate of drug-likeness (QED) is 0.736. The van der Waals surface area contributed by atoms with Gasteiger partial charge in [-0.3, -0.25) is 0 Å². The molecule has 4 nitrogen and oxygen atoms in total. The van der Waals surface area contributed by atoms with E-state index in [1.165, 1.54) is 35.0 Å². The van der Waals surface area contributed by atoms with Crippen LogP contribution in [0.15, 0.2) is 36.5 Å². The fraction of sp³-hybridized carbons (Fsp3) is 0.0667. The number of halogens is 2. The Hall–Kier alpha value is -2.76. The van der Waals surface area contributed by atoms with Crippen molar-refractivity contribution in [3.63, 3.8) is 0 Å². The maximum atomic E-state index is 13.4. The molecule has 0 aliphatic rings. The number of aromatic nitrogens is 2. The van der Waals surface area contributed by atoms with Gasteiger partial charge in [-0.2, -0.15) is 4.39 Å². The molecule has 0 spiro atoms. The van der Waals surface area contributed by atoms with Gasteiger partial charge in [-0.25, -0.2) is 14.2 Å². The Morgan fingerprint density at radius 2 is 2.05 bits per heavy atom. The third kappa shape index (κ3) is 2.05. The normalized spacial score (nSPS) is 11.0. The van der Waals surface area contributed by atoms with Gasteiger partial charge in [-0.15, -0.1) is 0 Å². The number of aryl methyl sites for hydroxylation is 1. The van der Waals surface area contributed by atoms with Crippen molar-refractivity contribution in [2.75, 3.05) is 0 Å². The molecule has 1 aromatic carbocycles. The van der Waals surface area contributed by atoms with Gasteiger partial charge < -0.3 is 9.67 Å². The first kappa shape index (κ1) is 13.2. The maximum absolute atomic E-state index is 13.4. The summed E-state index contributed by atoms with van der Waals surface area (Å²) in [6, 6.07) is 6.72. The maximum Gasteiger partial charge on any atom is 0.353 e. The zero-order valence-electron chi connectivity index (χ0n) is 11.0. The fourth-order valence-electron chi connectivity index (χ4n) is 2.46. The number of pyridine rings is 1. The summed E-state index contributed by atoms with van der Waals surface area (Å²) < 4.78 is 28.1. The molecule has 0 bridgehead atoms. The number of carboxylic acid groups (broad SMARTS) is 1. The van der Waals surface area contributed by atoms with Crippen molar-refractivity contribution in [2.24, 2.45) is 0 Å². The van der Waals surface area contributed by atoms with Gasteiger partial charge in [-0.05, 0) is 30.7 Å². The third-order valence-electron chi connectivity index (χ3n) is 3.34. The molecule has 3 rings (SSSR count). The van der Waals surface area contributed by atoms with E-state index in [4.69, 9.17) is 0 Å². The number of aromatic carboxylic acids is 1. The third-order valence-corrected chi connectivity index (χ3v) is 3.34. The van der Waals surface area contributed by atoms with Crippen molar-refractivity contribution in [3.8, 4) is 5.69 Å². The minimum atomic E-state index is -1.17. The number of hydrogen-bond acceptors (Lipinski definition) is 2. The van der Waals surface area contributed by atoms with Crippen LogP contribution in [0.4, 0.5) is 8.78 Å². The van der Waals surface area contributed by atoms with Crippen molar-refractivity contribution >= 4 is 16.9 Å². The number of rotatable bonds is 2. The first-order valence-electron chi connectivity index (χ1n) is 6.15. The molecule has 0 saturated carbocycles. The number of benzene rings is 1. The molecule has 2 aromatic heterocycles. The molecule has 0 atom stereocenters. The fourth-order valence-corrected chi connectivity index (χ4v) is 2.46. The Labute approximate surface area is 118 Å². The number of carbonyl (C=O) groups is 1. The molecule has 2 heterocycles. The summed E-state index contributed by atoms with van der Waals surface area (Å²) in [5.74, 6) is -2.36. The number of hydrogen-bond donors (Lipinski definition) is 1. The van der Waals surface area contributed by atoms with Crippen LogP contribution in [0.2, 0.25) is 0 Å². The molecule has 0 fully saturated rings. The highest BCUT2D eigenvalue weighted by atomic mass is 19.1. The highest BCUT2D eigenvalue weighted by Gasteiger charge is 2.21. The van der Waals surface area contributed by atoms with Crippen LogP contribution in [0.25, 0.3) is 16.6 Å². The van der Waals surface area contributed by atoms with Crippen LogP contribution < -0.4 is 0 Å². The van der Waals surface area contributed by atoms with Crippen LogP contribution >= 0.6 is 0 Å². The number of carboxylic acids is 1. The molecule has 0 saturated heterocycles. The van der Waals surface area contributed by atoms with E-state index in [2.05, 4.69) is 4.98 Å². The van der Waals surface area contributed by atoms with Crippen molar-refractivity contribution in [1.29, 1.82) is 0 Å².